The van der Waals surface area contributed by atoms with Crippen molar-refractivity contribution in [1.29, 1.82) is 0 Å². The Morgan fingerprint density at radius 2 is 1.77 bits per heavy atom. The molecule has 1 aliphatic rings. The summed E-state index contributed by atoms with van der Waals surface area (Å²) in [6.07, 6.45) is 0.935. The van der Waals surface area contributed by atoms with Crippen molar-refractivity contribution in [2.75, 3.05) is 20.2 Å². The number of ether oxygens (including phenoxy) is 1. The SMILES string of the molecule is COC(=O)N1CCC(N)=C(N)CC1. The summed E-state index contributed by atoms with van der Waals surface area (Å²) in [5.74, 6) is 0. The van der Waals surface area contributed by atoms with Crippen molar-refractivity contribution in [2.45, 2.75) is 12.8 Å². The number of nitrogens with two attached hydrogens (primary N) is 2. The van der Waals surface area contributed by atoms with Gasteiger partial charge in [-0.15, -0.1) is 0 Å². The second kappa shape index (κ2) is 4.02. The number of amides is 1. The Labute approximate surface area is 77.3 Å². The lowest BCUT2D eigenvalue weighted by Gasteiger charge is -2.17. The number of carbonyl (C=O) groups is 1. The first kappa shape index (κ1) is 9.70. The number of hydrogen-bond acceptors (Lipinski definition) is 4. The summed E-state index contributed by atoms with van der Waals surface area (Å²) in [4.78, 5) is 12.7. The van der Waals surface area contributed by atoms with Gasteiger partial charge in [-0.1, -0.05) is 0 Å². The molecule has 0 aromatic carbocycles. The van der Waals surface area contributed by atoms with E-state index in [1.54, 1.807) is 4.90 Å². The zero-order chi connectivity index (χ0) is 9.84. The first-order chi connectivity index (χ1) is 6.15. The molecule has 0 bridgehead atoms. The van der Waals surface area contributed by atoms with Crippen molar-refractivity contribution < 1.29 is 9.53 Å². The zero-order valence-corrected chi connectivity index (χ0v) is 7.75. The molecule has 0 spiro atoms. The van der Waals surface area contributed by atoms with Crippen LogP contribution in [0.1, 0.15) is 12.8 Å². The van der Waals surface area contributed by atoms with Gasteiger partial charge in [0.2, 0.25) is 0 Å². The fraction of sp³-hybridized carbons (Fsp3) is 0.625. The highest BCUT2D eigenvalue weighted by Gasteiger charge is 2.17. The van der Waals surface area contributed by atoms with E-state index >= 15 is 0 Å². The summed E-state index contributed by atoms with van der Waals surface area (Å²) in [5.41, 5.74) is 12.7. The zero-order valence-electron chi connectivity index (χ0n) is 7.75. The number of nitrogens with zero attached hydrogens (tertiary/aromatic N) is 1. The predicted molar refractivity (Wildman–Crippen MR) is 48.6 cm³/mol. The lowest BCUT2D eigenvalue weighted by Crippen LogP contribution is -2.32. The molecule has 13 heavy (non-hydrogen) atoms. The summed E-state index contributed by atoms with van der Waals surface area (Å²) in [6, 6.07) is 0. The number of methoxy groups -OCH3 is 1. The van der Waals surface area contributed by atoms with Crippen LogP contribution in [-0.4, -0.2) is 31.2 Å². The van der Waals surface area contributed by atoms with E-state index in [1.165, 1.54) is 7.11 Å². The molecular formula is C8H15N3O2. The Morgan fingerprint density at radius 3 is 2.15 bits per heavy atom. The lowest BCUT2D eigenvalue weighted by molar-refractivity contribution is 0.125. The minimum absolute atomic E-state index is 0.317. The summed E-state index contributed by atoms with van der Waals surface area (Å²) in [7, 11) is 1.37. The maximum absolute atomic E-state index is 11.1. The first-order valence-electron chi connectivity index (χ1n) is 4.21. The summed E-state index contributed by atoms with van der Waals surface area (Å²) < 4.78 is 4.60. The molecule has 74 valence electrons. The molecule has 1 aliphatic heterocycles. The lowest BCUT2D eigenvalue weighted by atomic mass is 10.2. The van der Waals surface area contributed by atoms with Crippen LogP contribution in [0.2, 0.25) is 0 Å². The highest BCUT2D eigenvalue weighted by atomic mass is 16.5. The molecule has 1 heterocycles. The van der Waals surface area contributed by atoms with E-state index < -0.39 is 0 Å². The van der Waals surface area contributed by atoms with Gasteiger partial charge in [0.25, 0.3) is 0 Å². The molecule has 5 heteroatoms. The van der Waals surface area contributed by atoms with Crippen LogP contribution >= 0.6 is 0 Å². The molecule has 0 aromatic heterocycles. The average molecular weight is 185 g/mol. The second-order valence-corrected chi connectivity index (χ2v) is 3.01. The van der Waals surface area contributed by atoms with E-state index in [2.05, 4.69) is 4.74 Å². The molecular weight excluding hydrogens is 170 g/mol. The monoisotopic (exact) mass is 185 g/mol. The highest BCUT2D eigenvalue weighted by molar-refractivity contribution is 5.67. The van der Waals surface area contributed by atoms with E-state index in [4.69, 9.17) is 11.5 Å². The van der Waals surface area contributed by atoms with E-state index in [1.807, 2.05) is 0 Å². The summed E-state index contributed by atoms with van der Waals surface area (Å²) in [6.45, 7) is 1.17. The molecule has 0 aliphatic carbocycles. The van der Waals surface area contributed by atoms with Crippen LogP contribution in [0.5, 0.6) is 0 Å². The third kappa shape index (κ3) is 2.27. The van der Waals surface area contributed by atoms with Gasteiger partial charge in [0, 0.05) is 37.3 Å². The minimum atomic E-state index is -0.317. The Hall–Kier alpha value is -1.39. The van der Waals surface area contributed by atoms with Crippen LogP contribution in [0, 0.1) is 0 Å². The van der Waals surface area contributed by atoms with Crippen molar-refractivity contribution in [2.24, 2.45) is 11.5 Å². The standard InChI is InChI=1S/C8H15N3O2/c1-13-8(12)11-4-2-6(9)7(10)3-5-11/h2-5,9-10H2,1H3. The third-order valence-corrected chi connectivity index (χ3v) is 2.15. The van der Waals surface area contributed by atoms with Crippen LogP contribution in [0.15, 0.2) is 11.4 Å². The quantitative estimate of drug-likeness (QED) is 0.555. The fourth-order valence-electron chi connectivity index (χ4n) is 1.26. The molecule has 0 aromatic rings. The van der Waals surface area contributed by atoms with Crippen molar-refractivity contribution in [3.8, 4) is 0 Å². The van der Waals surface area contributed by atoms with Gasteiger partial charge in [0.1, 0.15) is 0 Å². The smallest absolute Gasteiger partial charge is 0.409 e. The molecule has 0 saturated heterocycles. The van der Waals surface area contributed by atoms with E-state index in [0.717, 1.165) is 0 Å². The summed E-state index contributed by atoms with van der Waals surface area (Å²) in [5, 5.41) is 0. The Morgan fingerprint density at radius 1 is 1.31 bits per heavy atom. The van der Waals surface area contributed by atoms with Gasteiger partial charge in [0.15, 0.2) is 0 Å². The van der Waals surface area contributed by atoms with E-state index in [0.29, 0.717) is 37.3 Å². The second-order valence-electron chi connectivity index (χ2n) is 3.01. The topological polar surface area (TPSA) is 81.6 Å². The maximum atomic E-state index is 11.1. The summed E-state index contributed by atoms with van der Waals surface area (Å²) >= 11 is 0. The van der Waals surface area contributed by atoms with Gasteiger partial charge in [0.05, 0.1) is 7.11 Å². The van der Waals surface area contributed by atoms with Crippen LogP contribution in [0.3, 0.4) is 0 Å². The molecule has 0 unspecified atom stereocenters. The maximum Gasteiger partial charge on any atom is 0.409 e. The van der Waals surface area contributed by atoms with Crippen LogP contribution in [0.25, 0.3) is 0 Å². The number of rotatable bonds is 0. The van der Waals surface area contributed by atoms with Gasteiger partial charge in [-0.05, 0) is 0 Å². The molecule has 1 amide bonds. The fourth-order valence-corrected chi connectivity index (χ4v) is 1.26. The van der Waals surface area contributed by atoms with Gasteiger partial charge in [-0.25, -0.2) is 4.79 Å². The first-order valence-corrected chi connectivity index (χ1v) is 4.21. The molecule has 0 atom stereocenters. The van der Waals surface area contributed by atoms with Crippen molar-refractivity contribution in [1.82, 2.24) is 4.90 Å². The van der Waals surface area contributed by atoms with Gasteiger partial charge >= 0.3 is 6.09 Å². The van der Waals surface area contributed by atoms with E-state index in [9.17, 15) is 4.79 Å². The number of hydrogen-bond donors (Lipinski definition) is 2. The highest BCUT2D eigenvalue weighted by Crippen LogP contribution is 2.11. The van der Waals surface area contributed by atoms with Crippen molar-refractivity contribution in [3.05, 3.63) is 11.4 Å². The Kier molecular flexibility index (Phi) is 3.00. The predicted octanol–water partition coefficient (Wildman–Crippen LogP) is -0.0224. The minimum Gasteiger partial charge on any atom is -0.453 e. The van der Waals surface area contributed by atoms with Crippen LogP contribution in [0.4, 0.5) is 4.79 Å². The number of carbonyl (C=O) groups excluding carboxylic acids is 1. The van der Waals surface area contributed by atoms with E-state index in [-0.39, 0.29) is 6.09 Å². The molecule has 0 saturated carbocycles. The third-order valence-electron chi connectivity index (χ3n) is 2.15. The Bertz CT molecular complexity index is 222. The largest absolute Gasteiger partial charge is 0.453 e. The van der Waals surface area contributed by atoms with Gasteiger partial charge < -0.3 is 21.1 Å². The molecule has 0 fully saturated rings. The molecule has 4 N–H and O–H groups in total. The molecule has 1 rings (SSSR count). The normalized spacial score (nSPS) is 18.4. The molecule has 0 radical (unpaired) electrons. The average Bonchev–Trinajstić information content (AvgIpc) is 2.30. The van der Waals surface area contributed by atoms with Crippen LogP contribution in [-0.2, 0) is 4.74 Å². The van der Waals surface area contributed by atoms with Crippen molar-refractivity contribution >= 4 is 6.09 Å². The molecule has 5 nitrogen and oxygen atoms in total. The van der Waals surface area contributed by atoms with Crippen molar-refractivity contribution in [3.63, 3.8) is 0 Å². The van der Waals surface area contributed by atoms with Gasteiger partial charge in [-0.3, -0.25) is 0 Å². The van der Waals surface area contributed by atoms with Gasteiger partial charge in [-0.2, -0.15) is 0 Å². The Balaban J connectivity index is 2.56. The van der Waals surface area contributed by atoms with Crippen LogP contribution < -0.4 is 11.5 Å².